The molecule has 0 atom stereocenters. The molecule has 2 rings (SSSR count). The Bertz CT molecular complexity index is 643. The normalized spacial score (nSPS) is 10.3. The molecule has 0 saturated heterocycles. The Morgan fingerprint density at radius 1 is 1.16 bits per heavy atom. The first-order valence-corrected chi connectivity index (χ1v) is 7.05. The van der Waals surface area contributed by atoms with E-state index in [-0.39, 0.29) is 5.91 Å². The molecule has 0 saturated carbocycles. The van der Waals surface area contributed by atoms with Crippen LogP contribution in [-0.4, -0.2) is 5.91 Å². The minimum Gasteiger partial charge on any atom is -0.321 e. The van der Waals surface area contributed by atoms with Crippen LogP contribution in [0.15, 0.2) is 40.9 Å². The predicted molar refractivity (Wildman–Crippen MR) is 83.3 cm³/mol. The van der Waals surface area contributed by atoms with Gasteiger partial charge in [0.1, 0.15) is 0 Å². The molecule has 0 heterocycles. The number of aryl methyl sites for hydroxylation is 1. The maximum atomic E-state index is 12.2. The average molecular weight is 359 g/mol. The molecule has 0 spiro atoms. The van der Waals surface area contributed by atoms with Gasteiger partial charge in [0.05, 0.1) is 16.3 Å². The zero-order valence-electron chi connectivity index (χ0n) is 10.0. The Balaban J connectivity index is 2.28. The molecule has 0 aliphatic rings. The molecule has 2 aromatic rings. The van der Waals surface area contributed by atoms with E-state index in [2.05, 4.69) is 21.2 Å². The monoisotopic (exact) mass is 357 g/mol. The van der Waals surface area contributed by atoms with Crippen LogP contribution in [0.5, 0.6) is 0 Å². The molecule has 1 N–H and O–H groups in total. The summed E-state index contributed by atoms with van der Waals surface area (Å²) in [5.74, 6) is -0.240. The van der Waals surface area contributed by atoms with Crippen LogP contribution in [0.1, 0.15) is 15.9 Å². The number of halogens is 3. The second-order valence-electron chi connectivity index (χ2n) is 4.06. The van der Waals surface area contributed by atoms with Gasteiger partial charge in [-0.3, -0.25) is 4.79 Å². The fourth-order valence-corrected chi connectivity index (χ4v) is 2.60. The standard InChI is InChI=1S/C14H10BrCl2NO/c1-8-2-4-10(11(15)6-8)14(19)18-13-7-9(16)3-5-12(13)17/h2-7H,1H3,(H,18,19). The molecule has 98 valence electrons. The van der Waals surface area contributed by atoms with Crippen molar-refractivity contribution in [1.29, 1.82) is 0 Å². The average Bonchev–Trinajstić information content (AvgIpc) is 2.33. The summed E-state index contributed by atoms with van der Waals surface area (Å²) in [5.41, 5.74) is 2.11. The highest BCUT2D eigenvalue weighted by atomic mass is 79.9. The lowest BCUT2D eigenvalue weighted by molar-refractivity contribution is 0.102. The summed E-state index contributed by atoms with van der Waals surface area (Å²) in [6.07, 6.45) is 0. The quantitative estimate of drug-likeness (QED) is 0.773. The highest BCUT2D eigenvalue weighted by molar-refractivity contribution is 9.10. The molecule has 0 fully saturated rings. The number of nitrogens with one attached hydrogen (secondary N) is 1. The van der Waals surface area contributed by atoms with Crippen LogP contribution in [0, 0.1) is 6.92 Å². The number of carbonyl (C=O) groups is 1. The zero-order valence-corrected chi connectivity index (χ0v) is 13.1. The molecule has 0 aliphatic heterocycles. The SMILES string of the molecule is Cc1ccc(C(=O)Nc2cc(Cl)ccc2Cl)c(Br)c1. The largest absolute Gasteiger partial charge is 0.321 e. The lowest BCUT2D eigenvalue weighted by Crippen LogP contribution is -2.13. The maximum Gasteiger partial charge on any atom is 0.256 e. The van der Waals surface area contributed by atoms with Gasteiger partial charge in [-0.2, -0.15) is 0 Å². The smallest absolute Gasteiger partial charge is 0.256 e. The Morgan fingerprint density at radius 3 is 2.58 bits per heavy atom. The van der Waals surface area contributed by atoms with E-state index in [1.165, 1.54) is 0 Å². The van der Waals surface area contributed by atoms with Crippen LogP contribution in [0.25, 0.3) is 0 Å². The zero-order chi connectivity index (χ0) is 14.0. The first kappa shape index (κ1) is 14.4. The Labute approximate surface area is 129 Å². The molecule has 0 aliphatic carbocycles. The van der Waals surface area contributed by atoms with Crippen molar-refractivity contribution in [3.63, 3.8) is 0 Å². The van der Waals surface area contributed by atoms with Crippen molar-refractivity contribution in [3.8, 4) is 0 Å². The number of carbonyl (C=O) groups excluding carboxylic acids is 1. The summed E-state index contributed by atoms with van der Waals surface area (Å²) in [5, 5.41) is 3.70. The fourth-order valence-electron chi connectivity index (χ4n) is 1.59. The van der Waals surface area contributed by atoms with Crippen molar-refractivity contribution in [1.82, 2.24) is 0 Å². The number of benzene rings is 2. The van der Waals surface area contributed by atoms with Gasteiger partial charge in [-0.05, 0) is 58.7 Å². The van der Waals surface area contributed by atoms with Crippen molar-refractivity contribution >= 4 is 50.7 Å². The second-order valence-corrected chi connectivity index (χ2v) is 5.76. The van der Waals surface area contributed by atoms with Gasteiger partial charge >= 0.3 is 0 Å². The van der Waals surface area contributed by atoms with E-state index in [1.54, 1.807) is 24.3 Å². The summed E-state index contributed by atoms with van der Waals surface area (Å²) in [7, 11) is 0. The van der Waals surface area contributed by atoms with Crippen LogP contribution in [-0.2, 0) is 0 Å². The van der Waals surface area contributed by atoms with Crippen molar-refractivity contribution < 1.29 is 4.79 Å². The van der Waals surface area contributed by atoms with E-state index in [0.29, 0.717) is 21.3 Å². The summed E-state index contributed by atoms with van der Waals surface area (Å²) in [6, 6.07) is 10.4. The van der Waals surface area contributed by atoms with Crippen molar-refractivity contribution in [2.24, 2.45) is 0 Å². The van der Waals surface area contributed by atoms with Crippen LogP contribution >= 0.6 is 39.1 Å². The third-order valence-corrected chi connectivity index (χ3v) is 3.77. The Morgan fingerprint density at radius 2 is 1.89 bits per heavy atom. The molecular formula is C14H10BrCl2NO. The van der Waals surface area contributed by atoms with Gasteiger partial charge < -0.3 is 5.32 Å². The molecule has 0 aromatic heterocycles. The number of anilines is 1. The number of rotatable bonds is 2. The lowest BCUT2D eigenvalue weighted by atomic mass is 10.1. The molecule has 2 nitrogen and oxygen atoms in total. The van der Waals surface area contributed by atoms with Gasteiger partial charge in [-0.15, -0.1) is 0 Å². The van der Waals surface area contributed by atoms with E-state index < -0.39 is 0 Å². The van der Waals surface area contributed by atoms with Crippen molar-refractivity contribution in [2.75, 3.05) is 5.32 Å². The van der Waals surface area contributed by atoms with E-state index in [4.69, 9.17) is 23.2 Å². The van der Waals surface area contributed by atoms with Crippen LogP contribution in [0.3, 0.4) is 0 Å². The number of hydrogen-bond acceptors (Lipinski definition) is 1. The van der Waals surface area contributed by atoms with E-state index in [9.17, 15) is 4.79 Å². The highest BCUT2D eigenvalue weighted by Gasteiger charge is 2.12. The molecule has 0 radical (unpaired) electrons. The first-order chi connectivity index (χ1) is 8.97. The van der Waals surface area contributed by atoms with Crippen LogP contribution < -0.4 is 5.32 Å². The van der Waals surface area contributed by atoms with E-state index in [1.807, 2.05) is 19.1 Å². The highest BCUT2D eigenvalue weighted by Crippen LogP contribution is 2.27. The van der Waals surface area contributed by atoms with Crippen LogP contribution in [0.2, 0.25) is 10.0 Å². The predicted octanol–water partition coefficient (Wildman–Crippen LogP) is 5.32. The number of hydrogen-bond donors (Lipinski definition) is 1. The molecule has 1 amide bonds. The number of amides is 1. The van der Waals surface area contributed by atoms with E-state index >= 15 is 0 Å². The maximum absolute atomic E-state index is 12.2. The van der Waals surface area contributed by atoms with Gasteiger partial charge in [0.15, 0.2) is 0 Å². The third-order valence-electron chi connectivity index (χ3n) is 2.55. The summed E-state index contributed by atoms with van der Waals surface area (Å²) >= 11 is 15.3. The van der Waals surface area contributed by atoms with Gasteiger partial charge in [-0.1, -0.05) is 29.3 Å². The molecule has 19 heavy (non-hydrogen) atoms. The van der Waals surface area contributed by atoms with Gasteiger partial charge in [0.25, 0.3) is 5.91 Å². The minimum absolute atomic E-state index is 0.240. The van der Waals surface area contributed by atoms with Crippen molar-refractivity contribution in [3.05, 3.63) is 62.0 Å². The molecule has 5 heteroatoms. The molecule has 0 unspecified atom stereocenters. The lowest BCUT2D eigenvalue weighted by Gasteiger charge is -2.09. The second kappa shape index (κ2) is 5.95. The van der Waals surface area contributed by atoms with Crippen molar-refractivity contribution in [2.45, 2.75) is 6.92 Å². The van der Waals surface area contributed by atoms with Gasteiger partial charge in [0, 0.05) is 9.50 Å². The third kappa shape index (κ3) is 3.50. The Hall–Kier alpha value is -1.03. The molecular weight excluding hydrogens is 349 g/mol. The van der Waals surface area contributed by atoms with E-state index in [0.717, 1.165) is 10.0 Å². The Kier molecular flexibility index (Phi) is 4.50. The summed E-state index contributed by atoms with van der Waals surface area (Å²) in [6.45, 7) is 1.96. The van der Waals surface area contributed by atoms with Gasteiger partial charge in [0.2, 0.25) is 0 Å². The summed E-state index contributed by atoms with van der Waals surface area (Å²) in [4.78, 5) is 12.2. The minimum atomic E-state index is -0.240. The fraction of sp³-hybridized carbons (Fsp3) is 0.0714. The topological polar surface area (TPSA) is 29.1 Å². The van der Waals surface area contributed by atoms with Crippen LogP contribution in [0.4, 0.5) is 5.69 Å². The summed E-state index contributed by atoms with van der Waals surface area (Å²) < 4.78 is 0.739. The first-order valence-electron chi connectivity index (χ1n) is 5.50. The molecule has 0 bridgehead atoms. The van der Waals surface area contributed by atoms with Gasteiger partial charge in [-0.25, -0.2) is 0 Å². The molecule has 2 aromatic carbocycles.